The van der Waals surface area contributed by atoms with Crippen LogP contribution in [0.1, 0.15) is 70.9 Å². The molecule has 0 radical (unpaired) electrons. The number of hydrogen-bond donors (Lipinski definition) is 2. The number of phosphoric acid groups is 1. The highest BCUT2D eigenvalue weighted by molar-refractivity contribution is 7.46. The highest BCUT2D eigenvalue weighted by atomic mass is 31.2. The van der Waals surface area contributed by atoms with Crippen LogP contribution in [0.4, 0.5) is 25.0 Å². The van der Waals surface area contributed by atoms with E-state index in [9.17, 15) is 23.3 Å². The number of anilines is 2. The molecule has 3 aromatic carbocycles. The number of carbonyl (C=O) groups excluding carboxylic acids is 2. The average Bonchev–Trinajstić information content (AvgIpc) is 4.08. The van der Waals surface area contributed by atoms with Crippen LogP contribution >= 0.6 is 7.82 Å². The zero-order chi connectivity index (χ0) is 49.1. The first kappa shape index (κ1) is 50.7. The molecule has 7 rings (SSSR count). The van der Waals surface area contributed by atoms with Crippen LogP contribution in [0.5, 0.6) is 5.75 Å². The maximum atomic E-state index is 15.1. The zero-order valence-electron chi connectivity index (χ0n) is 38.5. The summed E-state index contributed by atoms with van der Waals surface area (Å²) in [4.78, 5) is 64.3. The Kier molecular flexibility index (Phi) is 16.9. The zero-order valence-corrected chi connectivity index (χ0v) is 39.4. The quantitative estimate of drug-likeness (QED) is 0.0336. The van der Waals surface area contributed by atoms with Gasteiger partial charge in [-0.1, -0.05) is 19.4 Å². The lowest BCUT2D eigenvalue weighted by Crippen LogP contribution is -2.46. The maximum absolute atomic E-state index is 15.1. The molecule has 0 bridgehead atoms. The molecule has 5 atom stereocenters. The topological polar surface area (TPSA) is 224 Å². The van der Waals surface area contributed by atoms with Gasteiger partial charge in [0.15, 0.2) is 0 Å². The number of unbranched alkanes of at least 4 members (excludes halogenated alkanes) is 2. The van der Waals surface area contributed by atoms with Gasteiger partial charge in [0, 0.05) is 68.4 Å². The molecule has 4 heterocycles. The van der Waals surface area contributed by atoms with Gasteiger partial charge >= 0.3 is 25.6 Å². The molecule has 372 valence electrons. The third-order valence-corrected chi connectivity index (χ3v) is 12.6. The molecule has 69 heavy (non-hydrogen) atoms. The van der Waals surface area contributed by atoms with Gasteiger partial charge in [-0.05, 0) is 87.2 Å². The normalized spacial score (nSPS) is 18.7. The van der Waals surface area contributed by atoms with Crippen LogP contribution in [-0.2, 0) is 45.0 Å². The fourth-order valence-corrected chi connectivity index (χ4v) is 8.99. The number of halogens is 2. The Morgan fingerprint density at radius 1 is 0.884 bits per heavy atom. The predicted octanol–water partition coefficient (Wildman–Crippen LogP) is 6.29. The van der Waals surface area contributed by atoms with Gasteiger partial charge < -0.3 is 43.3 Å². The molecular formula is C46H57F2N8O12P. The number of nitrogens with zero attached hydrogens (tertiary/aromatic N) is 8. The van der Waals surface area contributed by atoms with E-state index in [2.05, 4.69) is 29.5 Å². The van der Waals surface area contributed by atoms with Gasteiger partial charge in [0.2, 0.25) is 6.29 Å². The highest BCUT2D eigenvalue weighted by Gasteiger charge is 2.45. The average molecular weight is 983 g/mol. The minimum absolute atomic E-state index is 0.00190. The van der Waals surface area contributed by atoms with Gasteiger partial charge in [-0.25, -0.2) is 41.8 Å². The number of piperazine rings is 1. The summed E-state index contributed by atoms with van der Waals surface area (Å²) in [7, 11) is -4.53. The smallest absolute Gasteiger partial charge is 0.493 e. The van der Waals surface area contributed by atoms with E-state index in [4.69, 9.17) is 33.5 Å². The first-order chi connectivity index (χ1) is 33.1. The Bertz CT molecular complexity index is 2570. The molecule has 20 nitrogen and oxygen atoms in total. The van der Waals surface area contributed by atoms with Crippen LogP contribution in [0.15, 0.2) is 90.5 Å². The van der Waals surface area contributed by atoms with Crippen molar-refractivity contribution in [2.75, 3.05) is 55.8 Å². The van der Waals surface area contributed by atoms with Crippen molar-refractivity contribution in [2.24, 2.45) is 5.92 Å². The van der Waals surface area contributed by atoms with Crippen molar-refractivity contribution >= 4 is 31.3 Å². The molecule has 2 fully saturated rings. The van der Waals surface area contributed by atoms with Crippen LogP contribution in [0, 0.1) is 17.6 Å². The van der Waals surface area contributed by atoms with Crippen LogP contribution in [-0.4, -0.2) is 109 Å². The molecule has 0 spiro atoms. The van der Waals surface area contributed by atoms with E-state index in [0.29, 0.717) is 56.8 Å². The van der Waals surface area contributed by atoms with Crippen molar-refractivity contribution in [1.82, 2.24) is 29.1 Å². The molecule has 2 aliphatic rings. The van der Waals surface area contributed by atoms with E-state index >= 15 is 4.39 Å². The van der Waals surface area contributed by atoms with Crippen LogP contribution < -0.4 is 20.2 Å². The van der Waals surface area contributed by atoms with Gasteiger partial charge in [-0.3, -0.25) is 9.32 Å². The SMILES string of the molecule is CC[C@@H]([C@H](C)OC(=O)OC(C)OC(=O)CCCCCOP(=O)(O)O)n1ncn(-c2ccc(N3CCN(c4ccc(OC[C@@H]5CO[C@@](Cn6cncn6)(c6ccc(F)cc6F)C5)cc4)CC3)cc2)c1=O. The summed E-state index contributed by atoms with van der Waals surface area (Å²) in [6.07, 6.45) is 3.20. The Morgan fingerprint density at radius 3 is 2.20 bits per heavy atom. The lowest BCUT2D eigenvalue weighted by Gasteiger charge is -2.37. The molecule has 0 amide bonds. The van der Waals surface area contributed by atoms with Gasteiger partial charge in [-0.2, -0.15) is 10.2 Å². The van der Waals surface area contributed by atoms with E-state index in [1.54, 1.807) is 17.9 Å². The van der Waals surface area contributed by atoms with E-state index in [-0.39, 0.29) is 31.1 Å². The first-order valence-corrected chi connectivity index (χ1v) is 24.3. The molecule has 2 N–H and O–H groups in total. The largest absolute Gasteiger partial charge is 0.511 e. The summed E-state index contributed by atoms with van der Waals surface area (Å²) in [6.45, 7) is 8.64. The number of esters is 1. The lowest BCUT2D eigenvalue weighted by molar-refractivity contribution is -0.169. The fraction of sp³-hybridized carbons (Fsp3) is 0.478. The standard InChI is InChI=1S/C46H57F2N8O12P/c1-4-42(32(2)66-45(59)68-33(3)67-43(57)8-6-5-7-23-65-69(60,61)62)56-44(58)55(31-51-56)38-12-10-36(11-13-38)52-19-21-53(22-20-52)37-14-16-39(17-15-37)63-26-34-25-46(64-27-34,28-54-30-49-29-50-54)40-18-9-35(47)24-41(40)48/h9-18,24,29-34,42H,4-8,19-23,25-28H2,1-3H3,(H2,60,61,62)/t32-,33?,34+,42-,46-/m0/s1. The maximum Gasteiger partial charge on any atom is 0.511 e. The second-order valence-electron chi connectivity index (χ2n) is 17.0. The van der Waals surface area contributed by atoms with E-state index in [0.717, 1.165) is 43.6 Å². The summed E-state index contributed by atoms with van der Waals surface area (Å²) >= 11 is 0. The summed E-state index contributed by atoms with van der Waals surface area (Å²) in [6, 6.07) is 18.5. The molecule has 2 saturated heterocycles. The van der Waals surface area contributed by atoms with E-state index in [1.807, 2.05) is 55.5 Å². The summed E-state index contributed by atoms with van der Waals surface area (Å²) in [5, 5.41) is 8.51. The van der Waals surface area contributed by atoms with Crippen molar-refractivity contribution in [2.45, 2.75) is 89.9 Å². The lowest BCUT2D eigenvalue weighted by atomic mass is 9.87. The van der Waals surface area contributed by atoms with Crippen LogP contribution in [0.25, 0.3) is 5.69 Å². The first-order valence-electron chi connectivity index (χ1n) is 22.8. The molecule has 5 aromatic rings. The van der Waals surface area contributed by atoms with E-state index in [1.165, 1.54) is 41.0 Å². The number of rotatable bonds is 22. The molecular weight excluding hydrogens is 926 g/mol. The third-order valence-electron chi connectivity index (χ3n) is 12.1. The summed E-state index contributed by atoms with van der Waals surface area (Å²) < 4.78 is 76.3. The number of ether oxygens (including phenoxy) is 5. The molecule has 0 aliphatic carbocycles. The molecule has 2 aromatic heterocycles. The number of carbonyl (C=O) groups is 2. The third kappa shape index (κ3) is 13.5. The Labute approximate surface area is 396 Å². The second-order valence-corrected chi connectivity index (χ2v) is 18.2. The molecule has 23 heteroatoms. The van der Waals surface area contributed by atoms with Crippen LogP contribution in [0.2, 0.25) is 0 Å². The summed E-state index contributed by atoms with van der Waals surface area (Å²) in [5.41, 5.74) is 1.47. The molecule has 1 unspecified atom stereocenters. The molecule has 0 saturated carbocycles. The number of aromatic nitrogens is 6. The van der Waals surface area contributed by atoms with Gasteiger partial charge in [0.05, 0.1) is 38.1 Å². The van der Waals surface area contributed by atoms with Gasteiger partial charge in [0.1, 0.15) is 48.1 Å². The van der Waals surface area contributed by atoms with Gasteiger partial charge in [-0.15, -0.1) is 0 Å². The van der Waals surface area contributed by atoms with Gasteiger partial charge in [0.25, 0.3) is 0 Å². The van der Waals surface area contributed by atoms with Crippen molar-refractivity contribution in [3.05, 3.63) is 113 Å². The Morgan fingerprint density at radius 2 is 1.57 bits per heavy atom. The number of benzene rings is 3. The van der Waals surface area contributed by atoms with Crippen molar-refractivity contribution in [1.29, 1.82) is 0 Å². The number of phosphoric ester groups is 1. The minimum atomic E-state index is -4.53. The predicted molar refractivity (Wildman–Crippen MR) is 245 cm³/mol. The van der Waals surface area contributed by atoms with Crippen LogP contribution in [0.3, 0.4) is 0 Å². The highest BCUT2D eigenvalue weighted by Crippen LogP contribution is 2.42. The molecule has 2 aliphatic heterocycles. The van der Waals surface area contributed by atoms with Crippen molar-refractivity contribution < 1.29 is 60.9 Å². The Balaban J connectivity index is 0.847. The van der Waals surface area contributed by atoms with Crippen molar-refractivity contribution in [3.8, 4) is 11.4 Å². The number of hydrogen-bond acceptors (Lipinski definition) is 15. The Hall–Kier alpha value is -6.19. The monoisotopic (exact) mass is 982 g/mol. The van der Waals surface area contributed by atoms with E-state index < -0.39 is 61.3 Å². The van der Waals surface area contributed by atoms with Crippen molar-refractivity contribution in [3.63, 3.8) is 0 Å². The fourth-order valence-electron chi connectivity index (χ4n) is 8.62. The second kappa shape index (κ2) is 22.9. The summed E-state index contributed by atoms with van der Waals surface area (Å²) in [5.74, 6) is -1.31. The minimum Gasteiger partial charge on any atom is -0.493 e.